The maximum atomic E-state index is 5.01. The van der Waals surface area contributed by atoms with Gasteiger partial charge < -0.3 is 4.43 Å². The standard InChI is InChI=1S/C12H17OSi/c1-3-10(4-2)12-8-6-5-7-11(12)9-13-14/h5-8,10H,3-4,9H2,1-2H3. The van der Waals surface area contributed by atoms with Crippen LogP contribution in [0.1, 0.15) is 43.7 Å². The van der Waals surface area contributed by atoms with E-state index in [-0.39, 0.29) is 0 Å². The monoisotopic (exact) mass is 205 g/mol. The zero-order valence-corrected chi connectivity index (χ0v) is 9.92. The summed E-state index contributed by atoms with van der Waals surface area (Å²) in [6, 6.07) is 8.50. The van der Waals surface area contributed by atoms with E-state index in [2.05, 4.69) is 48.6 Å². The van der Waals surface area contributed by atoms with Gasteiger partial charge in [0.05, 0.1) is 6.61 Å². The second-order valence-electron chi connectivity index (χ2n) is 3.50. The molecule has 3 radical (unpaired) electrons. The molecule has 0 N–H and O–H groups in total. The van der Waals surface area contributed by atoms with Gasteiger partial charge in [-0.3, -0.25) is 0 Å². The molecule has 0 fully saturated rings. The van der Waals surface area contributed by atoms with Gasteiger partial charge in [0.2, 0.25) is 10.5 Å². The first-order valence-corrected chi connectivity index (χ1v) is 5.60. The van der Waals surface area contributed by atoms with Crippen molar-refractivity contribution in [2.75, 3.05) is 0 Å². The van der Waals surface area contributed by atoms with E-state index in [1.54, 1.807) is 0 Å². The van der Waals surface area contributed by atoms with Crippen LogP contribution in [-0.2, 0) is 11.0 Å². The van der Waals surface area contributed by atoms with E-state index >= 15 is 0 Å². The van der Waals surface area contributed by atoms with Gasteiger partial charge in [0.15, 0.2) is 0 Å². The number of hydrogen-bond acceptors (Lipinski definition) is 1. The molecule has 0 unspecified atom stereocenters. The predicted molar refractivity (Wildman–Crippen MR) is 60.3 cm³/mol. The first kappa shape index (κ1) is 11.5. The van der Waals surface area contributed by atoms with Gasteiger partial charge in [0, 0.05) is 0 Å². The highest BCUT2D eigenvalue weighted by atomic mass is 28.2. The van der Waals surface area contributed by atoms with E-state index in [9.17, 15) is 0 Å². The molecule has 2 heteroatoms. The lowest BCUT2D eigenvalue weighted by Crippen LogP contribution is -2.02. The van der Waals surface area contributed by atoms with Crippen molar-refractivity contribution in [1.29, 1.82) is 0 Å². The Labute approximate surface area is 90.0 Å². The smallest absolute Gasteiger partial charge is 0.246 e. The summed E-state index contributed by atoms with van der Waals surface area (Å²) in [5.74, 6) is 0.660. The molecule has 0 saturated carbocycles. The topological polar surface area (TPSA) is 9.23 Å². The van der Waals surface area contributed by atoms with Crippen LogP contribution < -0.4 is 0 Å². The zero-order valence-electron chi connectivity index (χ0n) is 8.92. The fraction of sp³-hybridized carbons (Fsp3) is 0.500. The quantitative estimate of drug-likeness (QED) is 0.671. The van der Waals surface area contributed by atoms with Crippen LogP contribution in [-0.4, -0.2) is 10.5 Å². The van der Waals surface area contributed by atoms with Crippen LogP contribution in [0.25, 0.3) is 0 Å². The average Bonchev–Trinajstić information content (AvgIpc) is 2.23. The molecule has 14 heavy (non-hydrogen) atoms. The second-order valence-corrected chi connectivity index (χ2v) is 3.79. The van der Waals surface area contributed by atoms with E-state index in [1.165, 1.54) is 24.0 Å². The van der Waals surface area contributed by atoms with Gasteiger partial charge in [-0.25, -0.2) is 0 Å². The lowest BCUT2D eigenvalue weighted by molar-refractivity contribution is 0.335. The van der Waals surface area contributed by atoms with Gasteiger partial charge in [-0.15, -0.1) is 0 Å². The summed E-state index contributed by atoms with van der Waals surface area (Å²) in [4.78, 5) is 0. The average molecular weight is 205 g/mol. The molecule has 0 bridgehead atoms. The minimum Gasteiger partial charge on any atom is -0.414 e. The number of rotatable bonds is 5. The highest BCUT2D eigenvalue weighted by molar-refractivity contribution is 5.97. The first-order chi connectivity index (χ1) is 6.83. The third-order valence-electron chi connectivity index (χ3n) is 2.71. The normalized spacial score (nSPS) is 10.9. The van der Waals surface area contributed by atoms with Gasteiger partial charge in [0.25, 0.3) is 0 Å². The molecular weight excluding hydrogens is 188 g/mol. The van der Waals surface area contributed by atoms with Crippen molar-refractivity contribution < 1.29 is 4.43 Å². The van der Waals surface area contributed by atoms with E-state index in [0.717, 1.165) is 0 Å². The maximum Gasteiger partial charge on any atom is 0.246 e. The van der Waals surface area contributed by atoms with E-state index < -0.39 is 0 Å². The summed E-state index contributed by atoms with van der Waals surface area (Å²) in [6.07, 6.45) is 2.38. The number of benzene rings is 1. The van der Waals surface area contributed by atoms with Crippen LogP contribution in [0.15, 0.2) is 24.3 Å². The molecule has 1 aromatic rings. The molecule has 0 aliphatic rings. The number of hydrogen-bond donors (Lipinski definition) is 0. The molecule has 1 aromatic carbocycles. The molecular formula is C12H17OSi. The molecule has 75 valence electrons. The largest absolute Gasteiger partial charge is 0.414 e. The van der Waals surface area contributed by atoms with Crippen molar-refractivity contribution >= 4 is 10.5 Å². The van der Waals surface area contributed by atoms with Gasteiger partial charge in [-0.05, 0) is 29.9 Å². The lowest BCUT2D eigenvalue weighted by atomic mass is 9.90. The van der Waals surface area contributed by atoms with E-state index in [1.807, 2.05) is 0 Å². The fourth-order valence-electron chi connectivity index (χ4n) is 1.87. The molecule has 0 amide bonds. The minimum atomic E-state index is 0.642. The molecule has 0 atom stereocenters. The van der Waals surface area contributed by atoms with Crippen LogP contribution in [0.4, 0.5) is 0 Å². The van der Waals surface area contributed by atoms with Crippen molar-refractivity contribution in [2.24, 2.45) is 0 Å². The predicted octanol–water partition coefficient (Wildman–Crippen LogP) is 3.19. The summed E-state index contributed by atoms with van der Waals surface area (Å²) >= 11 is 0. The van der Waals surface area contributed by atoms with E-state index in [0.29, 0.717) is 12.5 Å². The second kappa shape index (κ2) is 5.99. The fourth-order valence-corrected chi connectivity index (χ4v) is 2.03. The summed E-state index contributed by atoms with van der Waals surface area (Å²) in [5.41, 5.74) is 2.71. The first-order valence-electron chi connectivity index (χ1n) is 5.19. The van der Waals surface area contributed by atoms with Crippen LogP contribution in [0, 0.1) is 0 Å². The third-order valence-corrected chi connectivity index (χ3v) is 2.85. The Morgan fingerprint density at radius 1 is 1.21 bits per heavy atom. The van der Waals surface area contributed by atoms with Gasteiger partial charge in [-0.2, -0.15) is 0 Å². The summed E-state index contributed by atoms with van der Waals surface area (Å²) in [7, 11) is 3.06. The molecule has 0 heterocycles. The zero-order chi connectivity index (χ0) is 10.4. The Bertz CT molecular complexity index is 269. The summed E-state index contributed by atoms with van der Waals surface area (Å²) in [5, 5.41) is 0. The van der Waals surface area contributed by atoms with Crippen LogP contribution in [0.5, 0.6) is 0 Å². The van der Waals surface area contributed by atoms with Crippen molar-refractivity contribution in [3.8, 4) is 0 Å². The van der Waals surface area contributed by atoms with Gasteiger partial charge in [-0.1, -0.05) is 38.1 Å². The van der Waals surface area contributed by atoms with Gasteiger partial charge >= 0.3 is 0 Å². The summed E-state index contributed by atoms with van der Waals surface area (Å²) < 4.78 is 5.01. The Balaban J connectivity index is 2.92. The third kappa shape index (κ3) is 2.69. The minimum absolute atomic E-state index is 0.642. The molecule has 0 aliphatic carbocycles. The van der Waals surface area contributed by atoms with Crippen LogP contribution in [0.3, 0.4) is 0 Å². The molecule has 1 nitrogen and oxygen atoms in total. The van der Waals surface area contributed by atoms with Gasteiger partial charge in [0.1, 0.15) is 0 Å². The Morgan fingerprint density at radius 2 is 1.86 bits per heavy atom. The van der Waals surface area contributed by atoms with Crippen molar-refractivity contribution in [1.82, 2.24) is 0 Å². The Morgan fingerprint density at radius 3 is 2.43 bits per heavy atom. The molecule has 0 saturated heterocycles. The van der Waals surface area contributed by atoms with Crippen molar-refractivity contribution in [3.63, 3.8) is 0 Å². The summed E-state index contributed by atoms with van der Waals surface area (Å²) in [6.45, 7) is 5.11. The molecule has 1 rings (SSSR count). The van der Waals surface area contributed by atoms with Crippen LogP contribution in [0.2, 0.25) is 0 Å². The highest BCUT2D eigenvalue weighted by Gasteiger charge is 2.10. The van der Waals surface area contributed by atoms with E-state index in [4.69, 9.17) is 4.43 Å². The van der Waals surface area contributed by atoms with Crippen molar-refractivity contribution in [2.45, 2.75) is 39.2 Å². The molecule has 0 spiro atoms. The van der Waals surface area contributed by atoms with Crippen LogP contribution >= 0.6 is 0 Å². The lowest BCUT2D eigenvalue weighted by Gasteiger charge is -2.16. The Hall–Kier alpha value is -0.603. The Kier molecular flexibility index (Phi) is 4.91. The SMILES string of the molecule is CCC(CC)c1ccccc1CO[Si]. The maximum absolute atomic E-state index is 5.01. The molecule has 0 aliphatic heterocycles. The highest BCUT2D eigenvalue weighted by Crippen LogP contribution is 2.26. The molecule has 0 aromatic heterocycles. The van der Waals surface area contributed by atoms with Crippen molar-refractivity contribution in [3.05, 3.63) is 35.4 Å².